The van der Waals surface area contributed by atoms with E-state index in [0.29, 0.717) is 18.5 Å². The van der Waals surface area contributed by atoms with E-state index in [1.807, 2.05) is 30.3 Å². The second-order valence-electron chi connectivity index (χ2n) is 5.24. The second kappa shape index (κ2) is 8.16. The summed E-state index contributed by atoms with van der Waals surface area (Å²) in [5.41, 5.74) is 2.32. The monoisotopic (exact) mass is 343 g/mol. The van der Waals surface area contributed by atoms with Crippen LogP contribution < -0.4 is 10.6 Å². The molecule has 0 unspecified atom stereocenters. The van der Waals surface area contributed by atoms with Gasteiger partial charge in [-0.2, -0.15) is 0 Å². The highest BCUT2D eigenvalue weighted by Gasteiger charge is 2.11. The van der Waals surface area contributed by atoms with Crippen LogP contribution in [0.3, 0.4) is 0 Å². The first-order valence-electron chi connectivity index (χ1n) is 7.35. The number of nitro benzene ring substituents is 1. The van der Waals surface area contributed by atoms with Crippen LogP contribution in [0.4, 0.5) is 11.4 Å². The molecular formula is C17H17N3O3S. The highest BCUT2D eigenvalue weighted by Crippen LogP contribution is 2.21. The minimum Gasteiger partial charge on any atom is -0.332 e. The lowest BCUT2D eigenvalue weighted by Crippen LogP contribution is -2.34. The zero-order valence-corrected chi connectivity index (χ0v) is 13.9. The fourth-order valence-corrected chi connectivity index (χ4v) is 2.33. The first-order valence-corrected chi connectivity index (χ1v) is 7.76. The third kappa shape index (κ3) is 5.13. The molecule has 2 aromatic carbocycles. The molecule has 1 amide bonds. The molecule has 0 aliphatic heterocycles. The van der Waals surface area contributed by atoms with E-state index in [2.05, 4.69) is 10.6 Å². The van der Waals surface area contributed by atoms with Crippen molar-refractivity contribution in [2.45, 2.75) is 19.8 Å². The molecule has 124 valence electrons. The van der Waals surface area contributed by atoms with E-state index in [1.54, 1.807) is 13.0 Å². The average Bonchev–Trinajstić information content (AvgIpc) is 2.55. The molecule has 0 atom stereocenters. The Morgan fingerprint density at radius 1 is 1.21 bits per heavy atom. The number of thiocarbonyl (C=S) groups is 1. The molecule has 7 heteroatoms. The van der Waals surface area contributed by atoms with Crippen LogP contribution in [0.15, 0.2) is 48.5 Å². The Hall–Kier alpha value is -2.80. The molecule has 0 bridgehead atoms. The third-order valence-electron chi connectivity index (χ3n) is 3.42. The molecule has 0 saturated heterocycles. The Labute approximate surface area is 145 Å². The topological polar surface area (TPSA) is 84.3 Å². The van der Waals surface area contributed by atoms with Gasteiger partial charge in [0.05, 0.1) is 4.92 Å². The predicted molar refractivity (Wildman–Crippen MR) is 97.0 cm³/mol. The van der Waals surface area contributed by atoms with Crippen LogP contribution in [-0.4, -0.2) is 15.9 Å². The maximum absolute atomic E-state index is 11.9. The molecule has 24 heavy (non-hydrogen) atoms. The zero-order chi connectivity index (χ0) is 17.5. The molecular weight excluding hydrogens is 326 g/mol. The van der Waals surface area contributed by atoms with Crippen LogP contribution in [-0.2, 0) is 11.2 Å². The Balaban J connectivity index is 1.90. The van der Waals surface area contributed by atoms with E-state index >= 15 is 0 Å². The number of amides is 1. The maximum atomic E-state index is 11.9. The quantitative estimate of drug-likeness (QED) is 0.494. The number of carbonyl (C=O) groups excluding carboxylic acids is 1. The van der Waals surface area contributed by atoms with E-state index in [4.69, 9.17) is 12.2 Å². The average molecular weight is 343 g/mol. The number of nitrogens with zero attached hydrogens (tertiary/aromatic N) is 1. The first-order chi connectivity index (χ1) is 11.5. The Bertz CT molecular complexity index is 763. The number of nitrogens with one attached hydrogen (secondary N) is 2. The van der Waals surface area contributed by atoms with Crippen molar-refractivity contribution in [3.05, 3.63) is 69.8 Å². The van der Waals surface area contributed by atoms with Crippen LogP contribution in [0.25, 0.3) is 0 Å². The van der Waals surface area contributed by atoms with E-state index < -0.39 is 4.92 Å². The summed E-state index contributed by atoms with van der Waals surface area (Å²) >= 11 is 5.10. The number of anilines is 1. The van der Waals surface area contributed by atoms with Gasteiger partial charge in [-0.3, -0.25) is 14.9 Å². The number of benzene rings is 2. The van der Waals surface area contributed by atoms with Gasteiger partial charge in [-0.25, -0.2) is 0 Å². The van der Waals surface area contributed by atoms with Crippen molar-refractivity contribution < 1.29 is 9.72 Å². The number of carbonyl (C=O) groups is 1. The maximum Gasteiger partial charge on any atom is 0.271 e. The fraction of sp³-hybridized carbons (Fsp3) is 0.176. The lowest BCUT2D eigenvalue weighted by atomic mass is 10.1. The summed E-state index contributed by atoms with van der Waals surface area (Å²) < 4.78 is 0. The van der Waals surface area contributed by atoms with Crippen LogP contribution in [0.1, 0.15) is 17.5 Å². The van der Waals surface area contributed by atoms with Crippen LogP contribution in [0, 0.1) is 17.0 Å². The van der Waals surface area contributed by atoms with Crippen molar-refractivity contribution in [2.75, 3.05) is 5.32 Å². The number of aryl methyl sites for hydroxylation is 2. The summed E-state index contributed by atoms with van der Waals surface area (Å²) in [6.07, 6.45) is 0.922. The predicted octanol–water partition coefficient (Wildman–Crippen LogP) is 3.35. The summed E-state index contributed by atoms with van der Waals surface area (Å²) in [4.78, 5) is 22.3. The Kier molecular flexibility index (Phi) is 5.97. The van der Waals surface area contributed by atoms with Gasteiger partial charge >= 0.3 is 0 Å². The van der Waals surface area contributed by atoms with Gasteiger partial charge in [0.2, 0.25) is 5.91 Å². The minimum absolute atomic E-state index is 0.0405. The molecule has 0 aliphatic carbocycles. The van der Waals surface area contributed by atoms with E-state index in [-0.39, 0.29) is 16.7 Å². The molecule has 2 N–H and O–H groups in total. The lowest BCUT2D eigenvalue weighted by molar-refractivity contribution is -0.384. The number of non-ortho nitro benzene ring substituents is 1. The van der Waals surface area contributed by atoms with E-state index in [0.717, 1.165) is 11.1 Å². The smallest absolute Gasteiger partial charge is 0.271 e. The Morgan fingerprint density at radius 2 is 1.92 bits per heavy atom. The van der Waals surface area contributed by atoms with Crippen molar-refractivity contribution >= 4 is 34.6 Å². The standard InChI is InChI=1S/C17H17N3O3S/c1-12-7-9-14(20(22)23)11-15(12)18-17(24)19-16(21)10-8-13-5-3-2-4-6-13/h2-7,9,11H,8,10H2,1H3,(H2,18,19,21,24). The van der Waals surface area contributed by atoms with Gasteiger partial charge in [-0.15, -0.1) is 0 Å². The first kappa shape index (κ1) is 17.6. The normalized spacial score (nSPS) is 10.0. The third-order valence-corrected chi connectivity index (χ3v) is 3.62. The van der Waals surface area contributed by atoms with Crippen molar-refractivity contribution in [1.29, 1.82) is 0 Å². The largest absolute Gasteiger partial charge is 0.332 e. The molecule has 0 spiro atoms. The second-order valence-corrected chi connectivity index (χ2v) is 5.65. The molecule has 0 radical (unpaired) electrons. The highest BCUT2D eigenvalue weighted by molar-refractivity contribution is 7.80. The van der Waals surface area contributed by atoms with Gasteiger partial charge in [0, 0.05) is 24.2 Å². The van der Waals surface area contributed by atoms with Gasteiger partial charge in [-0.1, -0.05) is 36.4 Å². The van der Waals surface area contributed by atoms with Crippen molar-refractivity contribution in [1.82, 2.24) is 5.32 Å². The molecule has 0 aromatic heterocycles. The summed E-state index contributed by atoms with van der Waals surface area (Å²) in [6, 6.07) is 14.1. The molecule has 2 rings (SSSR count). The van der Waals surface area contributed by atoms with E-state index in [1.165, 1.54) is 12.1 Å². The van der Waals surface area contributed by atoms with Crippen molar-refractivity contribution in [3.63, 3.8) is 0 Å². The molecule has 0 aliphatic rings. The molecule has 0 heterocycles. The van der Waals surface area contributed by atoms with Crippen LogP contribution in [0.2, 0.25) is 0 Å². The van der Waals surface area contributed by atoms with Crippen molar-refractivity contribution in [2.24, 2.45) is 0 Å². The molecule has 0 fully saturated rings. The van der Waals surface area contributed by atoms with Gasteiger partial charge in [-0.05, 0) is 36.7 Å². The lowest BCUT2D eigenvalue weighted by Gasteiger charge is -2.11. The molecule has 0 saturated carbocycles. The number of rotatable bonds is 5. The highest BCUT2D eigenvalue weighted by atomic mass is 32.1. The van der Waals surface area contributed by atoms with E-state index in [9.17, 15) is 14.9 Å². The fourth-order valence-electron chi connectivity index (χ4n) is 2.10. The van der Waals surface area contributed by atoms with Gasteiger partial charge in [0.25, 0.3) is 5.69 Å². The van der Waals surface area contributed by atoms with Crippen LogP contribution >= 0.6 is 12.2 Å². The minimum atomic E-state index is -0.480. The summed E-state index contributed by atoms with van der Waals surface area (Å²) in [5, 5.41) is 16.4. The van der Waals surface area contributed by atoms with Gasteiger partial charge in [0.15, 0.2) is 5.11 Å². The number of hydrogen-bond acceptors (Lipinski definition) is 4. The number of hydrogen-bond donors (Lipinski definition) is 2. The van der Waals surface area contributed by atoms with Crippen LogP contribution in [0.5, 0.6) is 0 Å². The SMILES string of the molecule is Cc1ccc([N+](=O)[O-])cc1NC(=S)NC(=O)CCc1ccccc1. The summed E-state index contributed by atoms with van der Waals surface area (Å²) in [7, 11) is 0. The van der Waals surface area contributed by atoms with Crippen molar-refractivity contribution in [3.8, 4) is 0 Å². The zero-order valence-electron chi connectivity index (χ0n) is 13.1. The Morgan fingerprint density at radius 3 is 2.58 bits per heavy atom. The van der Waals surface area contributed by atoms with Gasteiger partial charge in [0.1, 0.15) is 0 Å². The summed E-state index contributed by atoms with van der Waals surface area (Å²) in [6.45, 7) is 1.80. The summed E-state index contributed by atoms with van der Waals surface area (Å²) in [5.74, 6) is -0.209. The molecule has 2 aromatic rings. The van der Waals surface area contributed by atoms with Gasteiger partial charge < -0.3 is 10.6 Å². The molecule has 6 nitrogen and oxygen atoms in total. The number of nitro groups is 1.